The summed E-state index contributed by atoms with van der Waals surface area (Å²) in [5, 5.41) is 8.05. The molecule has 0 unspecified atom stereocenters. The largest absolute Gasteiger partial charge is 0.492 e. The number of anilines is 1. The zero-order valence-corrected chi connectivity index (χ0v) is 17.5. The van der Waals surface area contributed by atoms with E-state index in [-0.39, 0.29) is 0 Å². The topological polar surface area (TPSA) is 49.1 Å². The van der Waals surface area contributed by atoms with E-state index < -0.39 is 0 Å². The number of H-pyrrole nitrogens is 1. The molecule has 0 saturated carbocycles. The van der Waals surface area contributed by atoms with Crippen molar-refractivity contribution in [3.8, 4) is 5.75 Å². The van der Waals surface area contributed by atoms with Crippen LogP contribution in [-0.4, -0.2) is 29.7 Å². The van der Waals surface area contributed by atoms with Gasteiger partial charge in [-0.1, -0.05) is 43.4 Å². The Bertz CT molecular complexity index is 919. The molecule has 148 valence electrons. The van der Waals surface area contributed by atoms with E-state index in [1.54, 1.807) is 0 Å². The van der Waals surface area contributed by atoms with Crippen LogP contribution < -0.4 is 15.4 Å². The second kappa shape index (κ2) is 10.2. The van der Waals surface area contributed by atoms with Gasteiger partial charge in [0.15, 0.2) is 0 Å². The normalized spacial score (nSPS) is 10.9. The molecule has 0 aliphatic heterocycles. The third kappa shape index (κ3) is 5.33. The summed E-state index contributed by atoms with van der Waals surface area (Å²) in [7, 11) is 0. The molecule has 0 spiro atoms. The Hall–Kier alpha value is -2.37. The van der Waals surface area contributed by atoms with Gasteiger partial charge in [0, 0.05) is 34.9 Å². The van der Waals surface area contributed by atoms with Crippen LogP contribution in [0.1, 0.15) is 31.4 Å². The van der Waals surface area contributed by atoms with Crippen LogP contribution in [0.25, 0.3) is 10.9 Å². The Morgan fingerprint density at radius 1 is 1.11 bits per heavy atom. The van der Waals surface area contributed by atoms with Crippen LogP contribution in [-0.2, 0) is 12.8 Å². The van der Waals surface area contributed by atoms with Crippen molar-refractivity contribution in [1.29, 1.82) is 0 Å². The van der Waals surface area contributed by atoms with Crippen molar-refractivity contribution in [2.24, 2.45) is 0 Å². The molecule has 4 nitrogen and oxygen atoms in total. The lowest BCUT2D eigenvalue weighted by Gasteiger charge is -2.15. The summed E-state index contributed by atoms with van der Waals surface area (Å²) in [4.78, 5) is 4.11. The molecule has 28 heavy (non-hydrogen) atoms. The number of nitrogens with one attached hydrogen (secondary N) is 3. The molecule has 0 amide bonds. The Labute approximate surface area is 172 Å². The van der Waals surface area contributed by atoms with Gasteiger partial charge in [0.1, 0.15) is 12.4 Å². The van der Waals surface area contributed by atoms with E-state index >= 15 is 0 Å². The third-order valence-corrected chi connectivity index (χ3v) is 4.91. The van der Waals surface area contributed by atoms with Gasteiger partial charge in [-0.05, 0) is 56.5 Å². The van der Waals surface area contributed by atoms with Gasteiger partial charge < -0.3 is 20.4 Å². The Morgan fingerprint density at radius 3 is 2.79 bits per heavy atom. The molecule has 0 aliphatic carbocycles. The van der Waals surface area contributed by atoms with Crippen LogP contribution in [0.5, 0.6) is 5.75 Å². The second-order valence-electron chi connectivity index (χ2n) is 6.88. The first kappa shape index (κ1) is 20.4. The summed E-state index contributed by atoms with van der Waals surface area (Å²) in [5.41, 5.74) is 4.82. The molecule has 0 bridgehead atoms. The molecule has 1 aromatic heterocycles. The zero-order valence-electron chi connectivity index (χ0n) is 16.7. The van der Waals surface area contributed by atoms with E-state index in [1.165, 1.54) is 22.0 Å². The number of para-hydroxylation sites is 1. The first-order valence-corrected chi connectivity index (χ1v) is 10.4. The van der Waals surface area contributed by atoms with Crippen molar-refractivity contribution in [1.82, 2.24) is 10.3 Å². The van der Waals surface area contributed by atoms with Gasteiger partial charge in [0.2, 0.25) is 0 Å². The maximum Gasteiger partial charge on any atom is 0.124 e. The first-order valence-electron chi connectivity index (χ1n) is 9.97. The van der Waals surface area contributed by atoms with Crippen LogP contribution in [0.2, 0.25) is 0 Å². The number of benzene rings is 2. The van der Waals surface area contributed by atoms with Crippen molar-refractivity contribution in [3.63, 3.8) is 0 Å². The number of aromatic nitrogens is 1. The van der Waals surface area contributed by atoms with Gasteiger partial charge in [-0.15, -0.1) is 0 Å². The highest BCUT2D eigenvalue weighted by Gasteiger charge is 2.08. The van der Waals surface area contributed by atoms with E-state index in [4.69, 9.17) is 17.0 Å². The maximum atomic E-state index is 6.01. The van der Waals surface area contributed by atoms with E-state index in [0.29, 0.717) is 6.61 Å². The average molecular weight is 396 g/mol. The summed E-state index contributed by atoms with van der Waals surface area (Å²) in [6, 6.07) is 14.5. The number of aromatic amines is 1. The van der Waals surface area contributed by atoms with E-state index in [0.717, 1.165) is 48.8 Å². The van der Waals surface area contributed by atoms with Gasteiger partial charge in [-0.3, -0.25) is 0 Å². The molecule has 0 fully saturated rings. The molecule has 0 radical (unpaired) electrons. The minimum absolute atomic E-state index is 0.653. The quantitative estimate of drug-likeness (QED) is 0.331. The minimum atomic E-state index is 0.653. The van der Waals surface area contributed by atoms with Crippen molar-refractivity contribution in [2.45, 2.75) is 33.1 Å². The summed E-state index contributed by atoms with van der Waals surface area (Å²) in [5.74, 6) is 0.935. The fraction of sp³-hybridized carbons (Fsp3) is 0.348. The highest BCUT2D eigenvalue weighted by atomic mass is 32.1. The number of thiocarbonyl (C=S) groups is 1. The predicted octanol–water partition coefficient (Wildman–Crippen LogP) is 5.09. The Kier molecular flexibility index (Phi) is 7.46. The molecule has 2 aromatic carbocycles. The van der Waals surface area contributed by atoms with E-state index in [2.05, 4.69) is 53.0 Å². The number of ether oxygens (including phenoxy) is 1. The van der Waals surface area contributed by atoms with Crippen molar-refractivity contribution in [3.05, 3.63) is 59.8 Å². The average Bonchev–Trinajstić information content (AvgIpc) is 3.10. The summed E-state index contributed by atoms with van der Waals surface area (Å²) in [6.45, 7) is 6.49. The molecular formula is C23H29N3OS. The van der Waals surface area contributed by atoms with Crippen LogP contribution in [0, 0.1) is 0 Å². The van der Waals surface area contributed by atoms with Crippen LogP contribution in [0.4, 0.5) is 5.69 Å². The SMILES string of the molecule is CCc1c(NC(C)=S)cccc1OCCNCCCc1c[nH]c2ccccc12. The van der Waals surface area contributed by atoms with Crippen molar-refractivity contribution >= 4 is 33.8 Å². The van der Waals surface area contributed by atoms with Gasteiger partial charge in [0.25, 0.3) is 0 Å². The van der Waals surface area contributed by atoms with Gasteiger partial charge in [0.05, 0.1) is 4.99 Å². The Morgan fingerprint density at radius 2 is 1.96 bits per heavy atom. The molecule has 0 aliphatic rings. The number of hydrogen-bond donors (Lipinski definition) is 3. The lowest BCUT2D eigenvalue weighted by Crippen LogP contribution is -2.22. The number of fused-ring (bicyclic) bond motifs is 1. The van der Waals surface area contributed by atoms with Gasteiger partial charge in [-0.2, -0.15) is 0 Å². The van der Waals surface area contributed by atoms with Crippen LogP contribution in [0.3, 0.4) is 0 Å². The molecule has 1 heterocycles. The number of aryl methyl sites for hydroxylation is 1. The predicted molar refractivity (Wildman–Crippen MR) is 123 cm³/mol. The molecular weight excluding hydrogens is 366 g/mol. The standard InChI is InChI=1S/C23H29N3OS/c1-3-19-22(26-17(2)28)11-6-12-23(19)27-15-14-24-13-7-8-18-16-25-21-10-5-4-9-20(18)21/h4-6,9-12,16,24-25H,3,7-8,13-15H2,1-2H3,(H,26,28). The fourth-order valence-electron chi connectivity index (χ4n) is 3.47. The summed E-state index contributed by atoms with van der Waals surface area (Å²) < 4.78 is 6.01. The number of rotatable bonds is 10. The fourth-order valence-corrected chi connectivity index (χ4v) is 3.58. The first-order chi connectivity index (χ1) is 13.7. The molecule has 3 N–H and O–H groups in total. The van der Waals surface area contributed by atoms with Crippen molar-refractivity contribution < 1.29 is 4.74 Å². The van der Waals surface area contributed by atoms with E-state index in [9.17, 15) is 0 Å². The van der Waals surface area contributed by atoms with Crippen molar-refractivity contribution in [2.75, 3.05) is 25.0 Å². The highest BCUT2D eigenvalue weighted by molar-refractivity contribution is 7.80. The molecule has 5 heteroatoms. The van der Waals surface area contributed by atoms with Gasteiger partial charge >= 0.3 is 0 Å². The summed E-state index contributed by atoms with van der Waals surface area (Å²) >= 11 is 5.17. The minimum Gasteiger partial charge on any atom is -0.492 e. The molecule has 0 atom stereocenters. The second-order valence-corrected chi connectivity index (χ2v) is 7.49. The molecule has 3 aromatic rings. The lowest BCUT2D eigenvalue weighted by molar-refractivity contribution is 0.311. The highest BCUT2D eigenvalue weighted by Crippen LogP contribution is 2.27. The summed E-state index contributed by atoms with van der Waals surface area (Å²) in [6.07, 6.45) is 5.21. The zero-order chi connectivity index (χ0) is 19.8. The molecule has 0 saturated heterocycles. The third-order valence-electron chi connectivity index (χ3n) is 4.81. The van der Waals surface area contributed by atoms with Gasteiger partial charge in [-0.25, -0.2) is 0 Å². The monoisotopic (exact) mass is 395 g/mol. The Balaban J connectivity index is 1.40. The maximum absolute atomic E-state index is 6.01. The van der Waals surface area contributed by atoms with E-state index in [1.807, 2.05) is 25.1 Å². The van der Waals surface area contributed by atoms with Crippen LogP contribution in [0.15, 0.2) is 48.7 Å². The number of hydrogen-bond acceptors (Lipinski definition) is 3. The molecule has 3 rings (SSSR count). The lowest BCUT2D eigenvalue weighted by atomic mass is 10.1. The van der Waals surface area contributed by atoms with Crippen LogP contribution >= 0.6 is 12.2 Å². The smallest absolute Gasteiger partial charge is 0.124 e.